The van der Waals surface area contributed by atoms with Crippen LogP contribution >= 0.6 is 0 Å². The standard InChI is InChI=1S/C26H40O/c1-16(2)17(3)5-6-18(4)21-11-12-26-23(21)13-14-24-22-10-8-20(27)15-19(22)7-9-25(24)26/h5-6,15-18,21-26H,7-14H2,1-4H3. The maximum absolute atomic E-state index is 11.8. The molecule has 8 unspecified atom stereocenters. The van der Waals surface area contributed by atoms with Gasteiger partial charge in [-0.15, -0.1) is 0 Å². The lowest BCUT2D eigenvalue weighted by Gasteiger charge is -2.50. The van der Waals surface area contributed by atoms with E-state index in [1.807, 2.05) is 6.08 Å². The van der Waals surface area contributed by atoms with Crippen molar-refractivity contribution in [3.8, 4) is 0 Å². The molecule has 8 atom stereocenters. The molecule has 3 fully saturated rings. The number of rotatable bonds is 4. The Bertz CT molecular complexity index is 612. The first-order valence-corrected chi connectivity index (χ1v) is 11.9. The lowest BCUT2D eigenvalue weighted by atomic mass is 9.55. The van der Waals surface area contributed by atoms with Gasteiger partial charge in [-0.2, -0.15) is 0 Å². The Kier molecular flexibility index (Phi) is 5.68. The Labute approximate surface area is 167 Å². The van der Waals surface area contributed by atoms with Gasteiger partial charge in [0.15, 0.2) is 5.78 Å². The van der Waals surface area contributed by atoms with Gasteiger partial charge in [-0.1, -0.05) is 45.4 Å². The van der Waals surface area contributed by atoms with Gasteiger partial charge in [-0.25, -0.2) is 0 Å². The molecule has 0 aromatic heterocycles. The molecule has 1 nitrogen and oxygen atoms in total. The van der Waals surface area contributed by atoms with E-state index in [4.69, 9.17) is 0 Å². The molecule has 0 spiro atoms. The predicted molar refractivity (Wildman–Crippen MR) is 113 cm³/mol. The number of ketones is 1. The molecule has 4 aliphatic rings. The topological polar surface area (TPSA) is 17.1 Å². The fourth-order valence-electron chi connectivity index (χ4n) is 7.25. The average Bonchev–Trinajstić information content (AvgIpc) is 3.09. The summed E-state index contributed by atoms with van der Waals surface area (Å²) < 4.78 is 0. The van der Waals surface area contributed by atoms with E-state index in [0.29, 0.717) is 11.7 Å². The second-order valence-electron chi connectivity index (χ2n) is 10.7. The van der Waals surface area contributed by atoms with Crippen molar-refractivity contribution in [1.29, 1.82) is 0 Å². The van der Waals surface area contributed by atoms with Gasteiger partial charge in [0, 0.05) is 6.42 Å². The number of fused-ring (bicyclic) bond motifs is 5. The SMILES string of the molecule is CC(C)C(C)C=CC(C)C1CCC2C1CCC1C3CCC(=O)C=C3CCC12. The number of carbonyl (C=O) groups excluding carboxylic acids is 1. The molecule has 0 N–H and O–H groups in total. The molecular weight excluding hydrogens is 328 g/mol. The molecule has 0 amide bonds. The van der Waals surface area contributed by atoms with Crippen LogP contribution in [0.3, 0.4) is 0 Å². The first kappa shape index (κ1) is 19.5. The molecule has 27 heavy (non-hydrogen) atoms. The van der Waals surface area contributed by atoms with E-state index in [0.717, 1.165) is 60.2 Å². The minimum atomic E-state index is 0.394. The summed E-state index contributed by atoms with van der Waals surface area (Å²) in [5, 5.41) is 0. The molecule has 0 heterocycles. The lowest BCUT2D eigenvalue weighted by Crippen LogP contribution is -2.42. The van der Waals surface area contributed by atoms with Gasteiger partial charge in [0.05, 0.1) is 0 Å². The molecule has 0 aromatic rings. The van der Waals surface area contributed by atoms with Crippen molar-refractivity contribution < 1.29 is 4.79 Å². The summed E-state index contributed by atoms with van der Waals surface area (Å²) in [5.74, 6) is 8.03. The van der Waals surface area contributed by atoms with Crippen molar-refractivity contribution in [2.24, 2.45) is 53.3 Å². The molecule has 0 radical (unpaired) electrons. The van der Waals surface area contributed by atoms with E-state index < -0.39 is 0 Å². The fourth-order valence-corrected chi connectivity index (χ4v) is 7.25. The van der Waals surface area contributed by atoms with Crippen LogP contribution in [0.5, 0.6) is 0 Å². The lowest BCUT2D eigenvalue weighted by molar-refractivity contribution is -0.115. The van der Waals surface area contributed by atoms with Crippen LogP contribution in [0, 0.1) is 53.3 Å². The van der Waals surface area contributed by atoms with Crippen LogP contribution in [-0.4, -0.2) is 5.78 Å². The Morgan fingerprint density at radius 3 is 2.30 bits per heavy atom. The summed E-state index contributed by atoms with van der Waals surface area (Å²) in [5.41, 5.74) is 1.53. The molecule has 3 saturated carbocycles. The van der Waals surface area contributed by atoms with Crippen LogP contribution in [0.25, 0.3) is 0 Å². The summed E-state index contributed by atoms with van der Waals surface area (Å²) >= 11 is 0. The van der Waals surface area contributed by atoms with E-state index >= 15 is 0 Å². The monoisotopic (exact) mass is 368 g/mol. The smallest absolute Gasteiger partial charge is 0.155 e. The predicted octanol–water partition coefficient (Wildman–Crippen LogP) is 6.84. The number of carbonyl (C=O) groups is 1. The van der Waals surface area contributed by atoms with E-state index in [1.165, 1.54) is 44.1 Å². The summed E-state index contributed by atoms with van der Waals surface area (Å²) in [4.78, 5) is 11.8. The third kappa shape index (κ3) is 3.73. The van der Waals surface area contributed by atoms with Crippen LogP contribution < -0.4 is 0 Å². The van der Waals surface area contributed by atoms with Crippen molar-refractivity contribution in [2.45, 2.75) is 79.1 Å². The van der Waals surface area contributed by atoms with Crippen LogP contribution in [0.15, 0.2) is 23.8 Å². The molecule has 1 heteroatoms. The van der Waals surface area contributed by atoms with Gasteiger partial charge >= 0.3 is 0 Å². The third-order valence-corrected chi connectivity index (χ3v) is 9.12. The van der Waals surface area contributed by atoms with E-state index in [2.05, 4.69) is 39.8 Å². The second kappa shape index (κ2) is 7.88. The van der Waals surface area contributed by atoms with Crippen molar-refractivity contribution >= 4 is 5.78 Å². The van der Waals surface area contributed by atoms with Gasteiger partial charge in [0.2, 0.25) is 0 Å². The van der Waals surface area contributed by atoms with Gasteiger partial charge in [0.25, 0.3) is 0 Å². The average molecular weight is 369 g/mol. The van der Waals surface area contributed by atoms with E-state index in [-0.39, 0.29) is 0 Å². The molecule has 0 aliphatic heterocycles. The first-order chi connectivity index (χ1) is 13.0. The van der Waals surface area contributed by atoms with Gasteiger partial charge in [-0.3, -0.25) is 4.79 Å². The van der Waals surface area contributed by atoms with Crippen molar-refractivity contribution in [1.82, 2.24) is 0 Å². The van der Waals surface area contributed by atoms with Gasteiger partial charge < -0.3 is 0 Å². The molecule has 4 rings (SSSR count). The zero-order valence-corrected chi connectivity index (χ0v) is 18.0. The number of hydrogen-bond donors (Lipinski definition) is 0. The summed E-state index contributed by atoms with van der Waals surface area (Å²) in [6.45, 7) is 9.50. The van der Waals surface area contributed by atoms with Crippen LogP contribution in [-0.2, 0) is 4.79 Å². The Hall–Kier alpha value is -0.850. The van der Waals surface area contributed by atoms with Crippen molar-refractivity contribution in [2.75, 3.05) is 0 Å². The highest BCUT2D eigenvalue weighted by molar-refractivity contribution is 5.91. The Balaban J connectivity index is 1.44. The molecule has 4 aliphatic carbocycles. The quantitative estimate of drug-likeness (QED) is 0.496. The van der Waals surface area contributed by atoms with Crippen LogP contribution in [0.2, 0.25) is 0 Å². The maximum atomic E-state index is 11.8. The minimum Gasteiger partial charge on any atom is -0.295 e. The fraction of sp³-hybridized carbons (Fsp3) is 0.808. The van der Waals surface area contributed by atoms with E-state index in [9.17, 15) is 4.79 Å². The van der Waals surface area contributed by atoms with E-state index in [1.54, 1.807) is 0 Å². The number of allylic oxidation sites excluding steroid dienone is 3. The highest BCUT2D eigenvalue weighted by Gasteiger charge is 2.50. The molecule has 0 bridgehead atoms. The third-order valence-electron chi connectivity index (χ3n) is 9.12. The second-order valence-corrected chi connectivity index (χ2v) is 10.7. The molecular formula is C26H40O. The summed E-state index contributed by atoms with van der Waals surface area (Å²) in [7, 11) is 0. The molecule has 150 valence electrons. The Morgan fingerprint density at radius 1 is 0.815 bits per heavy atom. The highest BCUT2D eigenvalue weighted by Crippen LogP contribution is 2.59. The normalized spacial score (nSPS) is 41.1. The largest absolute Gasteiger partial charge is 0.295 e. The maximum Gasteiger partial charge on any atom is 0.155 e. The number of hydrogen-bond acceptors (Lipinski definition) is 1. The molecule has 0 aromatic carbocycles. The van der Waals surface area contributed by atoms with Crippen LogP contribution in [0.1, 0.15) is 79.1 Å². The zero-order valence-electron chi connectivity index (χ0n) is 18.0. The highest BCUT2D eigenvalue weighted by atomic mass is 16.1. The molecule has 0 saturated heterocycles. The minimum absolute atomic E-state index is 0.394. The summed E-state index contributed by atoms with van der Waals surface area (Å²) in [6.07, 6.45) is 17.4. The zero-order chi connectivity index (χ0) is 19.1. The van der Waals surface area contributed by atoms with Gasteiger partial charge in [0.1, 0.15) is 0 Å². The Morgan fingerprint density at radius 2 is 1.52 bits per heavy atom. The summed E-state index contributed by atoms with van der Waals surface area (Å²) in [6, 6.07) is 0. The van der Waals surface area contributed by atoms with Crippen molar-refractivity contribution in [3.63, 3.8) is 0 Å². The first-order valence-electron chi connectivity index (χ1n) is 11.9. The van der Waals surface area contributed by atoms with Crippen molar-refractivity contribution in [3.05, 3.63) is 23.8 Å². The van der Waals surface area contributed by atoms with Gasteiger partial charge in [-0.05, 0) is 104 Å². The van der Waals surface area contributed by atoms with Crippen LogP contribution in [0.4, 0.5) is 0 Å².